The van der Waals surface area contributed by atoms with Crippen molar-refractivity contribution < 1.29 is 5.11 Å². The quantitative estimate of drug-likeness (QED) is 0.541. The van der Waals surface area contributed by atoms with Gasteiger partial charge in [-0.15, -0.1) is 0 Å². The standard InChI is InChI=1S/C15H31NO/c1-3-4-5-6-7-8-9-12-15(2,17)13-16-14-10-11-14/h14,16-17H,3-13H2,1-2H3. The third kappa shape index (κ3) is 8.62. The lowest BCUT2D eigenvalue weighted by Gasteiger charge is -2.23. The molecule has 0 radical (unpaired) electrons. The summed E-state index contributed by atoms with van der Waals surface area (Å²) in [5, 5.41) is 13.6. The van der Waals surface area contributed by atoms with Crippen molar-refractivity contribution in [3.8, 4) is 0 Å². The van der Waals surface area contributed by atoms with Gasteiger partial charge in [-0.05, 0) is 26.2 Å². The van der Waals surface area contributed by atoms with Gasteiger partial charge in [0.2, 0.25) is 0 Å². The van der Waals surface area contributed by atoms with Gasteiger partial charge in [0.15, 0.2) is 0 Å². The molecular formula is C15H31NO. The first-order valence-corrected chi connectivity index (χ1v) is 7.60. The fraction of sp³-hybridized carbons (Fsp3) is 1.00. The molecule has 2 N–H and O–H groups in total. The molecule has 0 aliphatic heterocycles. The summed E-state index contributed by atoms with van der Waals surface area (Å²) >= 11 is 0. The first-order chi connectivity index (χ1) is 8.14. The van der Waals surface area contributed by atoms with Gasteiger partial charge in [0.25, 0.3) is 0 Å². The summed E-state index contributed by atoms with van der Waals surface area (Å²) in [6.45, 7) is 5.00. The molecule has 17 heavy (non-hydrogen) atoms. The Morgan fingerprint density at radius 1 is 1.06 bits per heavy atom. The topological polar surface area (TPSA) is 32.3 Å². The van der Waals surface area contributed by atoms with E-state index >= 15 is 0 Å². The normalized spacial score (nSPS) is 19.2. The van der Waals surface area contributed by atoms with Crippen LogP contribution in [0.5, 0.6) is 0 Å². The van der Waals surface area contributed by atoms with E-state index in [1.807, 2.05) is 6.92 Å². The second-order valence-corrected chi connectivity index (χ2v) is 6.02. The monoisotopic (exact) mass is 241 g/mol. The van der Waals surface area contributed by atoms with Gasteiger partial charge < -0.3 is 10.4 Å². The maximum absolute atomic E-state index is 10.2. The zero-order valence-electron chi connectivity index (χ0n) is 11.8. The van der Waals surface area contributed by atoms with E-state index in [0.717, 1.165) is 13.0 Å². The maximum atomic E-state index is 10.2. The molecule has 1 saturated carbocycles. The smallest absolute Gasteiger partial charge is 0.0743 e. The number of nitrogens with one attached hydrogen (secondary N) is 1. The molecule has 102 valence electrons. The van der Waals surface area contributed by atoms with Crippen molar-refractivity contribution in [1.82, 2.24) is 5.32 Å². The lowest BCUT2D eigenvalue weighted by molar-refractivity contribution is 0.0477. The lowest BCUT2D eigenvalue weighted by atomic mass is 9.97. The average Bonchev–Trinajstić information content (AvgIpc) is 3.09. The molecular weight excluding hydrogens is 210 g/mol. The minimum Gasteiger partial charge on any atom is -0.389 e. The van der Waals surface area contributed by atoms with Gasteiger partial charge >= 0.3 is 0 Å². The second-order valence-electron chi connectivity index (χ2n) is 6.02. The Bertz CT molecular complexity index is 187. The summed E-state index contributed by atoms with van der Waals surface area (Å²) in [6.07, 6.45) is 12.8. The van der Waals surface area contributed by atoms with Crippen molar-refractivity contribution in [2.45, 2.75) is 89.7 Å². The highest BCUT2D eigenvalue weighted by molar-refractivity contribution is 4.85. The summed E-state index contributed by atoms with van der Waals surface area (Å²) < 4.78 is 0. The molecule has 1 aliphatic rings. The molecule has 1 unspecified atom stereocenters. The first-order valence-electron chi connectivity index (χ1n) is 7.60. The van der Waals surface area contributed by atoms with E-state index in [9.17, 15) is 5.11 Å². The molecule has 1 fully saturated rings. The Balaban J connectivity index is 1.88. The number of aliphatic hydroxyl groups is 1. The van der Waals surface area contributed by atoms with Gasteiger partial charge in [-0.2, -0.15) is 0 Å². The predicted molar refractivity (Wildman–Crippen MR) is 74.3 cm³/mol. The first kappa shape index (κ1) is 15.0. The molecule has 0 aromatic carbocycles. The molecule has 0 aromatic heterocycles. The molecule has 2 nitrogen and oxygen atoms in total. The molecule has 1 rings (SSSR count). The highest BCUT2D eigenvalue weighted by atomic mass is 16.3. The average molecular weight is 241 g/mol. The Labute approximate surface area is 107 Å². The van der Waals surface area contributed by atoms with Crippen molar-refractivity contribution in [3.63, 3.8) is 0 Å². The minimum atomic E-state index is -0.494. The van der Waals surface area contributed by atoms with Gasteiger partial charge in [0, 0.05) is 12.6 Å². The molecule has 0 heterocycles. The zero-order chi connectivity index (χ0) is 12.6. The van der Waals surface area contributed by atoms with Crippen LogP contribution >= 0.6 is 0 Å². The van der Waals surface area contributed by atoms with E-state index in [4.69, 9.17) is 0 Å². The van der Waals surface area contributed by atoms with Crippen molar-refractivity contribution in [1.29, 1.82) is 0 Å². The van der Waals surface area contributed by atoms with Gasteiger partial charge in [0.05, 0.1) is 5.60 Å². The number of hydrogen-bond donors (Lipinski definition) is 2. The summed E-state index contributed by atoms with van der Waals surface area (Å²) in [5.41, 5.74) is -0.494. The van der Waals surface area contributed by atoms with Crippen LogP contribution in [0.4, 0.5) is 0 Å². The van der Waals surface area contributed by atoms with E-state index in [1.54, 1.807) is 0 Å². The fourth-order valence-electron chi connectivity index (χ4n) is 2.20. The number of rotatable bonds is 11. The highest BCUT2D eigenvalue weighted by Gasteiger charge is 2.25. The lowest BCUT2D eigenvalue weighted by Crippen LogP contribution is -2.38. The van der Waals surface area contributed by atoms with Crippen LogP contribution in [0.15, 0.2) is 0 Å². The van der Waals surface area contributed by atoms with Gasteiger partial charge in [-0.1, -0.05) is 51.9 Å². The SMILES string of the molecule is CCCCCCCCCC(C)(O)CNC1CC1. The van der Waals surface area contributed by atoms with Crippen LogP contribution in [0.3, 0.4) is 0 Å². The van der Waals surface area contributed by atoms with Crippen LogP contribution in [-0.4, -0.2) is 23.3 Å². The van der Waals surface area contributed by atoms with Crippen LogP contribution < -0.4 is 5.32 Å². The summed E-state index contributed by atoms with van der Waals surface area (Å²) in [7, 11) is 0. The van der Waals surface area contributed by atoms with Crippen molar-refractivity contribution in [3.05, 3.63) is 0 Å². The molecule has 2 heteroatoms. The van der Waals surface area contributed by atoms with Crippen LogP contribution in [0, 0.1) is 0 Å². The van der Waals surface area contributed by atoms with Gasteiger partial charge in [-0.3, -0.25) is 0 Å². The second kappa shape index (κ2) is 8.10. The number of unbranched alkanes of at least 4 members (excludes halogenated alkanes) is 6. The predicted octanol–water partition coefficient (Wildman–Crippen LogP) is 3.63. The Hall–Kier alpha value is -0.0800. The van der Waals surface area contributed by atoms with Gasteiger partial charge in [-0.25, -0.2) is 0 Å². The summed E-state index contributed by atoms with van der Waals surface area (Å²) in [5.74, 6) is 0. The Morgan fingerprint density at radius 3 is 2.24 bits per heavy atom. The third-order valence-corrected chi connectivity index (χ3v) is 3.67. The molecule has 1 atom stereocenters. The molecule has 0 bridgehead atoms. The Morgan fingerprint density at radius 2 is 1.65 bits per heavy atom. The van der Waals surface area contributed by atoms with Crippen molar-refractivity contribution in [2.24, 2.45) is 0 Å². The van der Waals surface area contributed by atoms with E-state index in [-0.39, 0.29) is 0 Å². The van der Waals surface area contributed by atoms with Crippen LogP contribution in [0.1, 0.15) is 78.1 Å². The molecule has 0 amide bonds. The van der Waals surface area contributed by atoms with Crippen LogP contribution in [0.25, 0.3) is 0 Å². The molecule has 0 saturated heterocycles. The van der Waals surface area contributed by atoms with E-state index < -0.39 is 5.60 Å². The summed E-state index contributed by atoms with van der Waals surface area (Å²) in [4.78, 5) is 0. The van der Waals surface area contributed by atoms with Crippen LogP contribution in [-0.2, 0) is 0 Å². The zero-order valence-corrected chi connectivity index (χ0v) is 11.8. The fourth-order valence-corrected chi connectivity index (χ4v) is 2.20. The van der Waals surface area contributed by atoms with Crippen molar-refractivity contribution in [2.75, 3.05) is 6.54 Å². The largest absolute Gasteiger partial charge is 0.389 e. The number of hydrogen-bond acceptors (Lipinski definition) is 2. The third-order valence-electron chi connectivity index (χ3n) is 3.67. The molecule has 0 spiro atoms. The maximum Gasteiger partial charge on any atom is 0.0743 e. The molecule has 1 aliphatic carbocycles. The molecule has 0 aromatic rings. The van der Waals surface area contributed by atoms with Crippen molar-refractivity contribution >= 4 is 0 Å². The minimum absolute atomic E-state index is 0.494. The summed E-state index contributed by atoms with van der Waals surface area (Å²) in [6, 6.07) is 0.704. The van der Waals surface area contributed by atoms with E-state index in [2.05, 4.69) is 12.2 Å². The Kier molecular flexibility index (Phi) is 7.14. The van der Waals surface area contributed by atoms with Crippen LogP contribution in [0.2, 0.25) is 0 Å². The van der Waals surface area contributed by atoms with E-state index in [0.29, 0.717) is 6.04 Å². The highest BCUT2D eigenvalue weighted by Crippen LogP contribution is 2.21. The van der Waals surface area contributed by atoms with E-state index in [1.165, 1.54) is 57.8 Å². The van der Waals surface area contributed by atoms with Gasteiger partial charge in [0.1, 0.15) is 0 Å².